The second kappa shape index (κ2) is 39.0. The number of fused-ring (bicyclic) bond motifs is 1. The van der Waals surface area contributed by atoms with E-state index in [1.54, 1.807) is 71.8 Å². The fourth-order valence-electron chi connectivity index (χ4n) is 11.5. The number of aromatic amines is 1. The van der Waals surface area contributed by atoms with Crippen LogP contribution in [0.2, 0.25) is 0 Å². The minimum absolute atomic E-state index is 0.0399. The van der Waals surface area contributed by atoms with Crippen molar-refractivity contribution in [1.82, 2.24) is 65.5 Å². The molecule has 2 aromatic rings. The molecule has 27 nitrogen and oxygen atoms in total. The van der Waals surface area contributed by atoms with Crippen LogP contribution in [0.3, 0.4) is 0 Å². The molecule has 1 aromatic carbocycles. The van der Waals surface area contributed by atoms with Gasteiger partial charge in [0.05, 0.1) is 35.9 Å². The maximum atomic E-state index is 14.7. The van der Waals surface area contributed by atoms with Crippen LogP contribution in [0.25, 0.3) is 11.0 Å². The van der Waals surface area contributed by atoms with Gasteiger partial charge in [-0.25, -0.2) is 9.78 Å². The molecule has 0 fully saturated rings. The fraction of sp³-hybridized carbons (Fsp3) is 0.729. The van der Waals surface area contributed by atoms with Gasteiger partial charge in [0.1, 0.15) is 60.2 Å². The number of likely N-dealkylation sites (N-methyl/N-ethyl adjacent to an activating group) is 7. The molecule has 0 aliphatic rings. The third-order valence-electron chi connectivity index (χ3n) is 18.0. The van der Waals surface area contributed by atoms with Crippen LogP contribution in [0.1, 0.15) is 173 Å². The average Bonchev–Trinajstić information content (AvgIpc) is 1.76. The highest BCUT2D eigenvalue weighted by atomic mass is 16.5. The maximum absolute atomic E-state index is 14.7. The van der Waals surface area contributed by atoms with Crippen molar-refractivity contribution in [2.75, 3.05) is 62.5 Å². The average molecular weight is 1370 g/mol. The number of aliphatic hydroxyl groups excluding tert-OH is 1. The van der Waals surface area contributed by atoms with Crippen molar-refractivity contribution in [2.45, 2.75) is 230 Å². The summed E-state index contributed by atoms with van der Waals surface area (Å²) in [6, 6.07) is -5.62. The van der Waals surface area contributed by atoms with Crippen LogP contribution in [0.15, 0.2) is 18.2 Å². The summed E-state index contributed by atoms with van der Waals surface area (Å²) in [6.45, 7) is 32.2. The number of H-pyrrole nitrogens is 1. The molecule has 0 aliphatic carbocycles. The SMILES string of the molecule is CCOC(=O)c1ccc2nc(CC(C)C(O)C(C(=O)NC(CC)C(=O)N(C)CC(=O)N(C)C(CC(C)C)C(=O)NC(C(=O)N(C)C(CC(C)C)C(=O)NC(C)C(=O)NC(C)C(=O)N(C)C(CC(C)C)C(=O)N(C)C(CC(C)C)C(=O)N(C)C(C)C(C)C)C(C)C)N(C)C=O)[nH]c2c1. The third kappa shape index (κ3) is 24.4. The number of aromatic nitrogens is 2. The number of ether oxygens (including phenoxy) is 1. The molecule has 0 spiro atoms. The van der Waals surface area contributed by atoms with E-state index in [2.05, 4.69) is 31.2 Å². The molecule has 12 unspecified atom stereocenters. The van der Waals surface area contributed by atoms with Crippen LogP contribution in [0, 0.1) is 41.4 Å². The Balaban J connectivity index is 2.29. The van der Waals surface area contributed by atoms with E-state index in [4.69, 9.17) is 4.74 Å². The highest BCUT2D eigenvalue weighted by Gasteiger charge is 2.42. The summed E-state index contributed by atoms with van der Waals surface area (Å²) in [7, 11) is 10.3. The summed E-state index contributed by atoms with van der Waals surface area (Å²) in [5.41, 5.74) is 1.42. The van der Waals surface area contributed by atoms with E-state index in [0.29, 0.717) is 35.3 Å². The summed E-state index contributed by atoms with van der Waals surface area (Å²) >= 11 is 0. The van der Waals surface area contributed by atoms with Crippen molar-refractivity contribution < 1.29 is 67.4 Å². The van der Waals surface area contributed by atoms with Crippen molar-refractivity contribution in [3.8, 4) is 0 Å². The first-order valence-corrected chi connectivity index (χ1v) is 34.3. The van der Waals surface area contributed by atoms with E-state index < -0.39 is 138 Å². The molecule has 0 aliphatic heterocycles. The first-order chi connectivity index (χ1) is 45.0. The fourth-order valence-corrected chi connectivity index (χ4v) is 11.5. The highest BCUT2D eigenvalue weighted by molar-refractivity contribution is 5.99. The van der Waals surface area contributed by atoms with E-state index in [0.717, 1.165) is 9.80 Å². The summed E-state index contributed by atoms with van der Waals surface area (Å²) in [4.78, 5) is 184. The number of carbonyl (C=O) groups excluding carboxylic acids is 12. The Morgan fingerprint density at radius 3 is 1.51 bits per heavy atom. The lowest BCUT2D eigenvalue weighted by molar-refractivity contribution is -0.152. The van der Waals surface area contributed by atoms with Crippen LogP contribution in [-0.2, 0) is 63.9 Å². The van der Waals surface area contributed by atoms with Crippen LogP contribution >= 0.6 is 0 Å². The number of aliphatic hydroxyl groups is 1. The predicted molar refractivity (Wildman–Crippen MR) is 371 cm³/mol. The molecule has 0 bridgehead atoms. The molecule has 27 heteroatoms. The Morgan fingerprint density at radius 1 is 0.546 bits per heavy atom. The van der Waals surface area contributed by atoms with Crippen LogP contribution in [0.5, 0.6) is 0 Å². The Bertz CT molecular complexity index is 3000. The van der Waals surface area contributed by atoms with E-state index in [-0.39, 0.29) is 80.2 Å². The zero-order chi connectivity index (χ0) is 74.5. The summed E-state index contributed by atoms with van der Waals surface area (Å²) in [6.07, 6.45) is 0.0426. The summed E-state index contributed by atoms with van der Waals surface area (Å²) in [5, 5.41) is 22.5. The standard InChI is InChI=1S/C70H119N13O14/c1-26-49(75-64(90)59(78(20)37-84)60(86)44(15)34-56-73-50-29-28-48(35-51(50)74-56)70(96)97-27-2)66(92)77(19)36-57(85)80(22)52(30-38(3)4)63(89)76-58(43(13)14)69(95)81(23)53(31-39(5)6)62(88)71-45(16)61(87)72-46(17)65(91)82(24)55(33-41(9)10)68(94)83(25)54(32-40(7)8)67(93)79(21)47(18)42(11)12/h28-29,35,37-47,49,52-55,58-60,86H,26-27,30-34,36H2,1-25H3,(H,71,88)(H,72,87)(H,73,74)(H,75,90)(H,76,89). The van der Waals surface area contributed by atoms with Gasteiger partial charge in [-0.05, 0) is 119 Å². The van der Waals surface area contributed by atoms with E-state index in [1.807, 2.05) is 76.2 Å². The molecule has 1 heterocycles. The minimum Gasteiger partial charge on any atom is -0.462 e. The van der Waals surface area contributed by atoms with Crippen molar-refractivity contribution in [1.29, 1.82) is 0 Å². The van der Waals surface area contributed by atoms with Gasteiger partial charge in [-0.1, -0.05) is 96.9 Å². The number of esters is 1. The molecule has 6 N–H and O–H groups in total. The molecular formula is C70H119N13O14. The first kappa shape index (κ1) is 85.4. The van der Waals surface area contributed by atoms with Crippen LogP contribution in [0.4, 0.5) is 0 Å². The van der Waals surface area contributed by atoms with Gasteiger partial charge in [-0.15, -0.1) is 0 Å². The molecule has 548 valence electrons. The van der Waals surface area contributed by atoms with Gasteiger partial charge in [0.2, 0.25) is 65.5 Å². The lowest BCUT2D eigenvalue weighted by Gasteiger charge is -2.39. The van der Waals surface area contributed by atoms with Crippen LogP contribution < -0.4 is 21.3 Å². The molecule has 97 heavy (non-hydrogen) atoms. The van der Waals surface area contributed by atoms with Crippen molar-refractivity contribution in [3.63, 3.8) is 0 Å². The molecule has 0 saturated carbocycles. The molecular weight excluding hydrogens is 1250 g/mol. The zero-order valence-corrected chi connectivity index (χ0v) is 62.7. The Labute approximate surface area is 576 Å². The monoisotopic (exact) mass is 1370 g/mol. The number of benzene rings is 1. The molecule has 11 amide bonds. The predicted octanol–water partition coefficient (Wildman–Crippen LogP) is 4.23. The smallest absolute Gasteiger partial charge is 0.338 e. The summed E-state index contributed by atoms with van der Waals surface area (Å²) in [5.74, 6) is -7.47. The van der Waals surface area contributed by atoms with Gasteiger partial charge >= 0.3 is 5.97 Å². The molecule has 12 atom stereocenters. The number of imidazole rings is 1. The van der Waals surface area contributed by atoms with E-state index in [9.17, 15) is 62.6 Å². The molecule has 0 saturated heterocycles. The van der Waals surface area contributed by atoms with Crippen LogP contribution in [-0.4, -0.2) is 250 Å². The van der Waals surface area contributed by atoms with Gasteiger partial charge in [-0.2, -0.15) is 0 Å². The quantitative estimate of drug-likeness (QED) is 0.0403. The summed E-state index contributed by atoms with van der Waals surface area (Å²) < 4.78 is 5.10. The largest absolute Gasteiger partial charge is 0.462 e. The normalized spacial score (nSPS) is 15.4. The number of hydrogen-bond acceptors (Lipinski definition) is 15. The number of amides is 11. The number of rotatable bonds is 39. The van der Waals surface area contributed by atoms with E-state index >= 15 is 0 Å². The molecule has 2 rings (SSSR count). The number of hydrogen-bond donors (Lipinski definition) is 6. The minimum atomic E-state index is -1.46. The van der Waals surface area contributed by atoms with Gasteiger partial charge in [0, 0.05) is 61.8 Å². The van der Waals surface area contributed by atoms with Gasteiger partial charge < -0.3 is 70.4 Å². The number of nitrogens with one attached hydrogen (secondary N) is 5. The van der Waals surface area contributed by atoms with E-state index in [1.165, 1.54) is 68.7 Å². The number of carbonyl (C=O) groups is 12. The zero-order valence-electron chi connectivity index (χ0n) is 62.7. The second-order valence-electron chi connectivity index (χ2n) is 28.7. The second-order valence-corrected chi connectivity index (χ2v) is 28.7. The lowest BCUT2D eigenvalue weighted by Crippen LogP contribution is -2.61. The van der Waals surface area contributed by atoms with Gasteiger partial charge in [0.15, 0.2) is 0 Å². The maximum Gasteiger partial charge on any atom is 0.338 e. The Kier molecular flexibility index (Phi) is 34.4. The molecule has 1 aromatic heterocycles. The number of nitrogens with zero attached hydrogens (tertiary/aromatic N) is 8. The Morgan fingerprint density at radius 2 is 1.02 bits per heavy atom. The van der Waals surface area contributed by atoms with Crippen molar-refractivity contribution >= 4 is 82.5 Å². The van der Waals surface area contributed by atoms with Crippen molar-refractivity contribution in [3.05, 3.63) is 29.6 Å². The third-order valence-corrected chi connectivity index (χ3v) is 18.0. The van der Waals surface area contributed by atoms with Crippen molar-refractivity contribution in [2.24, 2.45) is 41.4 Å². The topological polar surface area (TPSA) is 334 Å². The molecule has 0 radical (unpaired) electrons. The lowest BCUT2D eigenvalue weighted by atomic mass is 9.93. The Hall–Kier alpha value is -7.71. The van der Waals surface area contributed by atoms with Gasteiger partial charge in [0.25, 0.3) is 0 Å². The first-order valence-electron chi connectivity index (χ1n) is 34.3. The highest BCUT2D eigenvalue weighted by Crippen LogP contribution is 2.25. The van der Waals surface area contributed by atoms with Gasteiger partial charge in [-0.3, -0.25) is 52.7 Å².